The van der Waals surface area contributed by atoms with Crippen LogP contribution in [0.5, 0.6) is 0 Å². The lowest BCUT2D eigenvalue weighted by Gasteiger charge is -2.28. The molecule has 0 aliphatic heterocycles. The van der Waals surface area contributed by atoms with Gasteiger partial charge in [-0.3, -0.25) is 4.79 Å². The highest BCUT2D eigenvalue weighted by atomic mass is 32.2. The first-order valence-corrected chi connectivity index (χ1v) is 13.1. The molecule has 3 aromatic rings. The molecule has 1 aliphatic rings. The number of nitrogens with zero attached hydrogens (tertiary/aromatic N) is 1. The van der Waals surface area contributed by atoms with E-state index in [0.717, 1.165) is 16.6 Å². The predicted molar refractivity (Wildman–Crippen MR) is 129 cm³/mol. The van der Waals surface area contributed by atoms with Gasteiger partial charge in [-0.15, -0.1) is 0 Å². The van der Waals surface area contributed by atoms with Gasteiger partial charge in [-0.1, -0.05) is 24.3 Å². The van der Waals surface area contributed by atoms with E-state index in [2.05, 4.69) is 14.7 Å². The summed E-state index contributed by atoms with van der Waals surface area (Å²) in [6, 6.07) is 12.0. The van der Waals surface area contributed by atoms with Crippen LogP contribution in [-0.4, -0.2) is 41.6 Å². The quantitative estimate of drug-likeness (QED) is 0.434. The summed E-state index contributed by atoms with van der Waals surface area (Å²) in [6.07, 6.45) is 1.70. The lowest BCUT2D eigenvalue weighted by atomic mass is 9.86. The summed E-state index contributed by atoms with van der Waals surface area (Å²) >= 11 is 0. The molecule has 0 amide bonds. The second-order valence-corrected chi connectivity index (χ2v) is 10.9. The molecular formula is C25H31N3O5S. The second kappa shape index (κ2) is 9.85. The number of ether oxygens (including phenoxy) is 1. The van der Waals surface area contributed by atoms with Crippen LogP contribution in [0.25, 0.3) is 22.4 Å². The van der Waals surface area contributed by atoms with Crippen LogP contribution in [0.15, 0.2) is 47.4 Å². The first-order chi connectivity index (χ1) is 16.1. The van der Waals surface area contributed by atoms with E-state index in [4.69, 9.17) is 4.74 Å². The van der Waals surface area contributed by atoms with Gasteiger partial charge in [0.2, 0.25) is 10.0 Å². The average Bonchev–Trinajstić information content (AvgIpc) is 3.22. The monoisotopic (exact) mass is 485 g/mol. The van der Waals surface area contributed by atoms with Crippen LogP contribution < -0.4 is 4.72 Å². The zero-order valence-electron chi connectivity index (χ0n) is 19.6. The number of aliphatic hydroxyl groups is 1. The number of hydrogen-bond donors (Lipinski definition) is 3. The van der Waals surface area contributed by atoms with E-state index in [-0.39, 0.29) is 28.9 Å². The van der Waals surface area contributed by atoms with E-state index in [1.807, 2.05) is 38.1 Å². The molecule has 182 valence electrons. The van der Waals surface area contributed by atoms with Crippen LogP contribution in [0, 0.1) is 5.92 Å². The molecule has 1 saturated carbocycles. The van der Waals surface area contributed by atoms with Gasteiger partial charge >= 0.3 is 5.97 Å². The van der Waals surface area contributed by atoms with Crippen LogP contribution in [0.3, 0.4) is 0 Å². The van der Waals surface area contributed by atoms with Gasteiger partial charge in [-0.25, -0.2) is 18.1 Å². The number of H-pyrrole nitrogens is 1. The Bertz CT molecular complexity index is 1260. The zero-order valence-corrected chi connectivity index (χ0v) is 20.4. The summed E-state index contributed by atoms with van der Waals surface area (Å²) < 4.78 is 34.1. The standard InChI is InChI=1S/C25H31N3O5S/c1-15(2)33-25(30)19-8-10-20(11-9-19)28-34(31,32)21-12-13-22-23(14-21)27-24(26-22)18-6-4-17(5-7-18)16(3)29/h4-7,12-16,19-20,28-29H,8-11H2,1-3H3,(H,26,27)/t16?,19-,20-. The smallest absolute Gasteiger partial charge is 0.309 e. The number of nitrogens with one attached hydrogen (secondary N) is 2. The lowest BCUT2D eigenvalue weighted by molar-refractivity contribution is -0.153. The number of fused-ring (bicyclic) bond motifs is 1. The second-order valence-electron chi connectivity index (χ2n) is 9.22. The third kappa shape index (κ3) is 5.48. The van der Waals surface area contributed by atoms with Crippen molar-refractivity contribution < 1.29 is 23.1 Å². The third-order valence-corrected chi connectivity index (χ3v) is 7.68. The maximum Gasteiger partial charge on any atom is 0.309 e. The minimum absolute atomic E-state index is 0.148. The number of aromatic nitrogens is 2. The Morgan fingerprint density at radius 2 is 1.76 bits per heavy atom. The third-order valence-electron chi connectivity index (χ3n) is 6.17. The predicted octanol–water partition coefficient (Wildman–Crippen LogP) is 4.07. The SMILES string of the molecule is CC(C)OC(=O)[C@H]1CC[C@H](NS(=O)(=O)c2ccc3[nH]c(-c4ccc(C(C)O)cc4)nc3c2)CC1. The number of benzene rings is 2. The van der Waals surface area contributed by atoms with Crippen LogP contribution in [0.4, 0.5) is 0 Å². The first kappa shape index (κ1) is 24.4. The summed E-state index contributed by atoms with van der Waals surface area (Å²) in [7, 11) is -3.73. The molecule has 1 aromatic heterocycles. The van der Waals surface area contributed by atoms with Crippen molar-refractivity contribution in [1.29, 1.82) is 0 Å². The Hall–Kier alpha value is -2.75. The van der Waals surface area contributed by atoms with Crippen LogP contribution in [0.1, 0.15) is 58.1 Å². The molecule has 1 fully saturated rings. The minimum Gasteiger partial charge on any atom is -0.463 e. The van der Waals surface area contributed by atoms with Crippen molar-refractivity contribution in [2.24, 2.45) is 5.92 Å². The molecule has 9 heteroatoms. The maximum atomic E-state index is 13.0. The average molecular weight is 486 g/mol. The van der Waals surface area contributed by atoms with E-state index in [1.54, 1.807) is 25.1 Å². The van der Waals surface area contributed by atoms with Crippen LogP contribution >= 0.6 is 0 Å². The molecule has 1 unspecified atom stereocenters. The van der Waals surface area contributed by atoms with Crippen molar-refractivity contribution in [2.75, 3.05) is 0 Å². The fourth-order valence-corrected chi connectivity index (χ4v) is 5.60. The molecule has 0 spiro atoms. The fourth-order valence-electron chi connectivity index (χ4n) is 4.27. The van der Waals surface area contributed by atoms with Gasteiger partial charge in [0.1, 0.15) is 5.82 Å². The Balaban J connectivity index is 1.45. The van der Waals surface area contributed by atoms with Crippen molar-refractivity contribution >= 4 is 27.0 Å². The van der Waals surface area contributed by atoms with Crippen molar-refractivity contribution in [3.63, 3.8) is 0 Å². The molecule has 8 nitrogen and oxygen atoms in total. The number of sulfonamides is 1. The highest BCUT2D eigenvalue weighted by Gasteiger charge is 2.30. The lowest BCUT2D eigenvalue weighted by Crippen LogP contribution is -2.39. The summed E-state index contributed by atoms with van der Waals surface area (Å²) in [6.45, 7) is 5.35. The molecule has 0 radical (unpaired) electrons. The topological polar surface area (TPSA) is 121 Å². The summed E-state index contributed by atoms with van der Waals surface area (Å²) in [5.41, 5.74) is 2.94. The van der Waals surface area contributed by atoms with Crippen LogP contribution in [-0.2, 0) is 19.6 Å². The van der Waals surface area contributed by atoms with Gasteiger partial charge < -0.3 is 14.8 Å². The molecule has 4 rings (SSSR count). The summed E-state index contributed by atoms with van der Waals surface area (Å²) in [4.78, 5) is 20.1. The summed E-state index contributed by atoms with van der Waals surface area (Å²) in [5, 5.41) is 9.69. The van der Waals surface area contributed by atoms with Gasteiger partial charge in [0.15, 0.2) is 0 Å². The van der Waals surface area contributed by atoms with E-state index >= 15 is 0 Å². The molecular weight excluding hydrogens is 454 g/mol. The highest BCUT2D eigenvalue weighted by molar-refractivity contribution is 7.89. The number of carbonyl (C=O) groups is 1. The molecule has 1 aliphatic carbocycles. The first-order valence-electron chi connectivity index (χ1n) is 11.6. The molecule has 0 bridgehead atoms. The van der Waals surface area contributed by atoms with E-state index in [0.29, 0.717) is 37.0 Å². The fraction of sp³-hybridized carbons (Fsp3) is 0.440. The number of rotatable bonds is 7. The Kier molecular flexibility index (Phi) is 7.06. The minimum atomic E-state index is -3.73. The van der Waals surface area contributed by atoms with Gasteiger partial charge in [-0.05, 0) is 70.2 Å². The van der Waals surface area contributed by atoms with Gasteiger partial charge in [0, 0.05) is 11.6 Å². The number of aromatic amines is 1. The molecule has 34 heavy (non-hydrogen) atoms. The van der Waals surface area contributed by atoms with Crippen molar-refractivity contribution in [2.45, 2.75) is 69.6 Å². The van der Waals surface area contributed by atoms with Crippen molar-refractivity contribution in [1.82, 2.24) is 14.7 Å². The Morgan fingerprint density at radius 3 is 2.38 bits per heavy atom. The molecule has 3 N–H and O–H groups in total. The molecule has 2 aromatic carbocycles. The van der Waals surface area contributed by atoms with Crippen molar-refractivity contribution in [3.8, 4) is 11.4 Å². The van der Waals surface area contributed by atoms with E-state index < -0.39 is 16.1 Å². The van der Waals surface area contributed by atoms with E-state index in [1.165, 1.54) is 0 Å². The number of hydrogen-bond acceptors (Lipinski definition) is 6. The van der Waals surface area contributed by atoms with Crippen LogP contribution in [0.2, 0.25) is 0 Å². The van der Waals surface area contributed by atoms with Gasteiger partial charge in [-0.2, -0.15) is 0 Å². The summed E-state index contributed by atoms with van der Waals surface area (Å²) in [5.74, 6) is 0.259. The van der Waals surface area contributed by atoms with Gasteiger partial charge in [0.05, 0.1) is 34.1 Å². The zero-order chi connectivity index (χ0) is 24.5. The van der Waals surface area contributed by atoms with Crippen molar-refractivity contribution in [3.05, 3.63) is 48.0 Å². The number of imidazole rings is 1. The molecule has 1 atom stereocenters. The van der Waals surface area contributed by atoms with E-state index in [9.17, 15) is 18.3 Å². The highest BCUT2D eigenvalue weighted by Crippen LogP contribution is 2.28. The van der Waals surface area contributed by atoms with Gasteiger partial charge in [0.25, 0.3) is 0 Å². The number of carbonyl (C=O) groups excluding carboxylic acids is 1. The number of aliphatic hydroxyl groups excluding tert-OH is 1. The number of esters is 1. The normalized spacial score (nSPS) is 19.9. The molecule has 0 saturated heterocycles. The largest absolute Gasteiger partial charge is 0.463 e. The maximum absolute atomic E-state index is 13.0. The Morgan fingerprint density at radius 1 is 1.09 bits per heavy atom. The molecule has 1 heterocycles. The Labute approximate surface area is 199 Å².